The molecule has 0 aliphatic carbocycles. The molecule has 5 heteroatoms. The molecule has 98 valence electrons. The highest BCUT2D eigenvalue weighted by atomic mass is 19.1. The molecule has 2 atom stereocenters. The predicted octanol–water partition coefficient (Wildman–Crippen LogP) is 1.58. The number of carbonyl (C=O) groups is 1. The summed E-state index contributed by atoms with van der Waals surface area (Å²) >= 11 is 0. The molecule has 1 amide bonds. The molecule has 1 aliphatic rings. The summed E-state index contributed by atoms with van der Waals surface area (Å²) in [5.74, 6) is -1.22. The van der Waals surface area contributed by atoms with Gasteiger partial charge in [-0.3, -0.25) is 4.79 Å². The second-order valence-electron chi connectivity index (χ2n) is 4.59. The van der Waals surface area contributed by atoms with Crippen molar-refractivity contribution < 1.29 is 13.6 Å². The zero-order valence-electron chi connectivity index (χ0n) is 10.2. The maximum Gasteiger partial charge on any atom is 0.224 e. The van der Waals surface area contributed by atoms with E-state index in [1.54, 1.807) is 0 Å². The molecule has 1 saturated heterocycles. The van der Waals surface area contributed by atoms with Crippen molar-refractivity contribution in [3.8, 4) is 0 Å². The highest BCUT2D eigenvalue weighted by Gasteiger charge is 2.29. The summed E-state index contributed by atoms with van der Waals surface area (Å²) in [6, 6.07) is 3.36. The Morgan fingerprint density at radius 3 is 2.94 bits per heavy atom. The number of nitrogens with one attached hydrogen (secondary N) is 2. The van der Waals surface area contributed by atoms with Crippen molar-refractivity contribution in [3.63, 3.8) is 0 Å². The van der Waals surface area contributed by atoms with Crippen LogP contribution in [0.4, 0.5) is 8.78 Å². The van der Waals surface area contributed by atoms with Crippen molar-refractivity contribution in [1.29, 1.82) is 0 Å². The first kappa shape index (κ1) is 13.0. The first-order chi connectivity index (χ1) is 8.58. The summed E-state index contributed by atoms with van der Waals surface area (Å²) in [6.45, 7) is 2.78. The highest BCUT2D eigenvalue weighted by molar-refractivity contribution is 5.79. The van der Waals surface area contributed by atoms with Crippen LogP contribution >= 0.6 is 0 Å². The van der Waals surface area contributed by atoms with Gasteiger partial charge in [-0.15, -0.1) is 0 Å². The lowest BCUT2D eigenvalue weighted by molar-refractivity contribution is -0.125. The second-order valence-corrected chi connectivity index (χ2v) is 4.59. The quantitative estimate of drug-likeness (QED) is 0.860. The molecule has 1 aromatic rings. The molecular weight excluding hydrogens is 238 g/mol. The minimum atomic E-state index is -0.505. The van der Waals surface area contributed by atoms with E-state index in [9.17, 15) is 13.6 Å². The molecule has 3 nitrogen and oxygen atoms in total. The summed E-state index contributed by atoms with van der Waals surface area (Å²) < 4.78 is 26.3. The van der Waals surface area contributed by atoms with E-state index in [4.69, 9.17) is 0 Å². The fraction of sp³-hybridized carbons (Fsp3) is 0.462. The highest BCUT2D eigenvalue weighted by Crippen LogP contribution is 2.16. The van der Waals surface area contributed by atoms with Gasteiger partial charge >= 0.3 is 0 Å². The second kappa shape index (κ2) is 5.44. The summed E-state index contributed by atoms with van der Waals surface area (Å²) in [5.41, 5.74) is 0.168. The minimum Gasteiger partial charge on any atom is -0.352 e. The third-order valence-electron chi connectivity index (χ3n) is 3.32. The first-order valence-corrected chi connectivity index (χ1v) is 6.03. The summed E-state index contributed by atoms with van der Waals surface area (Å²) in [5, 5.41) is 5.83. The molecule has 1 aromatic carbocycles. The number of amides is 1. The van der Waals surface area contributed by atoms with E-state index < -0.39 is 11.6 Å². The maximum atomic E-state index is 13.3. The molecule has 1 fully saturated rings. The zero-order chi connectivity index (χ0) is 13.1. The molecule has 0 bridgehead atoms. The monoisotopic (exact) mass is 254 g/mol. The van der Waals surface area contributed by atoms with Gasteiger partial charge in [0.05, 0.1) is 5.92 Å². The lowest BCUT2D eigenvalue weighted by atomic mass is 10.0. The first-order valence-electron chi connectivity index (χ1n) is 6.03. The Hall–Kier alpha value is -1.49. The Morgan fingerprint density at radius 2 is 2.28 bits per heavy atom. The fourth-order valence-electron chi connectivity index (χ4n) is 2.21. The number of carbonyl (C=O) groups excluding carboxylic acids is 1. The minimum absolute atomic E-state index is 0.0195. The van der Waals surface area contributed by atoms with Gasteiger partial charge in [0.25, 0.3) is 0 Å². The van der Waals surface area contributed by atoms with E-state index in [-0.39, 0.29) is 30.0 Å². The van der Waals surface area contributed by atoms with Crippen molar-refractivity contribution in [2.24, 2.45) is 5.92 Å². The van der Waals surface area contributed by atoms with Gasteiger partial charge in [-0.1, -0.05) is 0 Å². The Bertz CT molecular complexity index is 451. The van der Waals surface area contributed by atoms with Gasteiger partial charge in [0.15, 0.2) is 0 Å². The van der Waals surface area contributed by atoms with Gasteiger partial charge < -0.3 is 10.6 Å². The molecule has 18 heavy (non-hydrogen) atoms. The number of hydrogen-bond donors (Lipinski definition) is 2. The van der Waals surface area contributed by atoms with Crippen LogP contribution in [0.3, 0.4) is 0 Å². The molecule has 0 saturated carbocycles. The van der Waals surface area contributed by atoms with Crippen molar-refractivity contribution in [3.05, 3.63) is 35.4 Å². The zero-order valence-corrected chi connectivity index (χ0v) is 10.2. The van der Waals surface area contributed by atoms with Crippen molar-refractivity contribution >= 4 is 5.91 Å². The summed E-state index contributed by atoms with van der Waals surface area (Å²) in [6.07, 6.45) is 0.776. The van der Waals surface area contributed by atoms with Gasteiger partial charge in [0.1, 0.15) is 11.6 Å². The lowest BCUT2D eigenvalue weighted by Crippen LogP contribution is -2.36. The molecular formula is C13H16F2N2O. The summed E-state index contributed by atoms with van der Waals surface area (Å²) in [7, 11) is 0. The van der Waals surface area contributed by atoms with Crippen LogP contribution in [-0.4, -0.2) is 18.5 Å². The number of benzene rings is 1. The van der Waals surface area contributed by atoms with Crippen molar-refractivity contribution in [2.45, 2.75) is 25.9 Å². The van der Waals surface area contributed by atoms with Crippen LogP contribution in [0, 0.1) is 17.6 Å². The maximum absolute atomic E-state index is 13.3. The fourth-order valence-corrected chi connectivity index (χ4v) is 2.21. The van der Waals surface area contributed by atoms with Crippen LogP contribution in [0.2, 0.25) is 0 Å². The SMILES string of the molecule is CC1NCCC1C(=O)NCc1cc(F)ccc1F. The standard InChI is InChI=1S/C13H16F2N2O/c1-8-11(4-5-16-8)13(18)17-7-9-6-10(14)2-3-12(9)15/h2-3,6,8,11,16H,4-5,7H2,1H3,(H,17,18). The van der Waals surface area contributed by atoms with Crippen molar-refractivity contribution in [1.82, 2.24) is 10.6 Å². The van der Waals surface area contributed by atoms with E-state index in [0.717, 1.165) is 31.2 Å². The molecule has 1 heterocycles. The number of halogens is 2. The van der Waals surface area contributed by atoms with Gasteiger partial charge in [-0.25, -0.2) is 8.78 Å². The van der Waals surface area contributed by atoms with Gasteiger partial charge in [-0.2, -0.15) is 0 Å². The van der Waals surface area contributed by atoms with Crippen LogP contribution in [0.15, 0.2) is 18.2 Å². The summed E-state index contributed by atoms with van der Waals surface area (Å²) in [4.78, 5) is 11.9. The average molecular weight is 254 g/mol. The molecule has 2 unspecified atom stereocenters. The smallest absolute Gasteiger partial charge is 0.224 e. The lowest BCUT2D eigenvalue weighted by Gasteiger charge is -2.15. The molecule has 0 radical (unpaired) electrons. The van der Waals surface area contributed by atoms with E-state index >= 15 is 0 Å². The Morgan fingerprint density at radius 1 is 1.50 bits per heavy atom. The number of rotatable bonds is 3. The van der Waals surface area contributed by atoms with E-state index in [2.05, 4.69) is 10.6 Å². The number of hydrogen-bond acceptors (Lipinski definition) is 2. The van der Waals surface area contributed by atoms with E-state index in [1.807, 2.05) is 6.92 Å². The van der Waals surface area contributed by atoms with E-state index in [0.29, 0.717) is 0 Å². The molecule has 1 aliphatic heterocycles. The van der Waals surface area contributed by atoms with Crippen LogP contribution < -0.4 is 10.6 Å². The van der Waals surface area contributed by atoms with Crippen LogP contribution in [-0.2, 0) is 11.3 Å². The topological polar surface area (TPSA) is 41.1 Å². The molecule has 0 spiro atoms. The Labute approximate surface area is 105 Å². The average Bonchev–Trinajstić information content (AvgIpc) is 2.76. The Balaban J connectivity index is 1.95. The Kier molecular flexibility index (Phi) is 3.91. The van der Waals surface area contributed by atoms with Crippen LogP contribution in [0.5, 0.6) is 0 Å². The normalized spacial score (nSPS) is 23.1. The van der Waals surface area contributed by atoms with Gasteiger partial charge in [0, 0.05) is 18.2 Å². The van der Waals surface area contributed by atoms with E-state index in [1.165, 1.54) is 0 Å². The predicted molar refractivity (Wildman–Crippen MR) is 63.8 cm³/mol. The largest absolute Gasteiger partial charge is 0.352 e. The molecule has 2 N–H and O–H groups in total. The third-order valence-corrected chi connectivity index (χ3v) is 3.32. The van der Waals surface area contributed by atoms with Crippen LogP contribution in [0.1, 0.15) is 18.9 Å². The van der Waals surface area contributed by atoms with Gasteiger partial charge in [0.2, 0.25) is 5.91 Å². The van der Waals surface area contributed by atoms with Crippen LogP contribution in [0.25, 0.3) is 0 Å². The van der Waals surface area contributed by atoms with Crippen molar-refractivity contribution in [2.75, 3.05) is 6.54 Å². The molecule has 0 aromatic heterocycles. The van der Waals surface area contributed by atoms with Gasteiger partial charge in [-0.05, 0) is 38.1 Å². The molecule has 2 rings (SSSR count). The third kappa shape index (κ3) is 2.85.